The van der Waals surface area contributed by atoms with E-state index in [1.54, 1.807) is 12.2 Å². The summed E-state index contributed by atoms with van der Waals surface area (Å²) in [6.45, 7) is 0. The second kappa shape index (κ2) is 2.55. The molecule has 2 aliphatic rings. The van der Waals surface area contributed by atoms with Crippen molar-refractivity contribution in [3.8, 4) is 0 Å². The Kier molecular flexibility index (Phi) is 1.51. The fourth-order valence-corrected chi connectivity index (χ4v) is 1.20. The molecule has 66 valence electrons. The fraction of sp³-hybridized carbons (Fsp3) is 0.125. The van der Waals surface area contributed by atoms with Crippen LogP contribution in [0.15, 0.2) is 33.5 Å². The van der Waals surface area contributed by atoms with Gasteiger partial charge in [0.25, 0.3) is 5.91 Å². The Hall–Kier alpha value is -1.91. The molecule has 0 aromatic heterocycles. The molecule has 0 saturated heterocycles. The van der Waals surface area contributed by atoms with E-state index in [9.17, 15) is 4.79 Å². The van der Waals surface area contributed by atoms with Crippen molar-refractivity contribution in [1.82, 2.24) is 0 Å². The molecule has 0 aromatic carbocycles. The first kappa shape index (κ1) is 7.72. The van der Waals surface area contributed by atoms with Crippen LogP contribution in [0.1, 0.15) is 0 Å². The summed E-state index contributed by atoms with van der Waals surface area (Å²) in [5, 5.41) is 0. The fourth-order valence-electron chi connectivity index (χ4n) is 1.20. The van der Waals surface area contributed by atoms with Crippen molar-refractivity contribution in [2.75, 3.05) is 0 Å². The van der Waals surface area contributed by atoms with Crippen LogP contribution in [0.25, 0.3) is 0 Å². The number of carbonyl (C=O) groups is 1. The number of nitrogens with two attached hydrogens (primary N) is 2. The number of nitrogens with zero attached hydrogens (tertiary/aromatic N) is 2. The van der Waals surface area contributed by atoms with E-state index in [-0.39, 0.29) is 11.9 Å². The van der Waals surface area contributed by atoms with E-state index in [1.165, 1.54) is 6.21 Å². The summed E-state index contributed by atoms with van der Waals surface area (Å²) in [5.41, 5.74) is 12.6. The molecule has 1 heterocycles. The van der Waals surface area contributed by atoms with Gasteiger partial charge in [-0.1, -0.05) is 0 Å². The van der Waals surface area contributed by atoms with Gasteiger partial charge in [-0.15, -0.1) is 0 Å². The molecule has 13 heavy (non-hydrogen) atoms. The summed E-state index contributed by atoms with van der Waals surface area (Å²) < 4.78 is 0. The van der Waals surface area contributed by atoms with Gasteiger partial charge in [-0.3, -0.25) is 9.79 Å². The van der Waals surface area contributed by atoms with E-state index in [4.69, 9.17) is 11.5 Å². The molecule has 1 aliphatic carbocycles. The Labute approximate surface area is 74.5 Å². The van der Waals surface area contributed by atoms with Crippen LogP contribution in [-0.4, -0.2) is 23.9 Å². The Morgan fingerprint density at radius 2 is 2.08 bits per heavy atom. The molecule has 1 atom stereocenters. The first-order valence-corrected chi connectivity index (χ1v) is 3.77. The van der Waals surface area contributed by atoms with Crippen molar-refractivity contribution in [3.63, 3.8) is 0 Å². The minimum absolute atomic E-state index is 0.245. The molecular formula is C8H8N4O. The van der Waals surface area contributed by atoms with E-state index in [0.29, 0.717) is 17.1 Å². The van der Waals surface area contributed by atoms with E-state index in [1.807, 2.05) is 0 Å². The van der Waals surface area contributed by atoms with Gasteiger partial charge in [0.2, 0.25) is 0 Å². The minimum atomic E-state index is -0.357. The van der Waals surface area contributed by atoms with Gasteiger partial charge in [0.15, 0.2) is 0 Å². The summed E-state index contributed by atoms with van der Waals surface area (Å²) in [6, 6.07) is -0.245. The van der Waals surface area contributed by atoms with Gasteiger partial charge < -0.3 is 11.5 Å². The molecule has 1 unspecified atom stereocenters. The van der Waals surface area contributed by atoms with Gasteiger partial charge in [-0.2, -0.15) is 0 Å². The lowest BCUT2D eigenvalue weighted by molar-refractivity contribution is -0.111. The van der Waals surface area contributed by atoms with Crippen molar-refractivity contribution in [1.29, 1.82) is 0 Å². The van der Waals surface area contributed by atoms with Crippen molar-refractivity contribution in [3.05, 3.63) is 23.5 Å². The van der Waals surface area contributed by atoms with Crippen LogP contribution in [0.4, 0.5) is 0 Å². The zero-order valence-electron chi connectivity index (χ0n) is 6.77. The van der Waals surface area contributed by atoms with Gasteiger partial charge in [0, 0.05) is 0 Å². The third-order valence-electron chi connectivity index (χ3n) is 1.86. The number of carbonyl (C=O) groups excluding carboxylic acids is 1. The zero-order chi connectivity index (χ0) is 9.42. The molecule has 5 nitrogen and oxygen atoms in total. The second-order valence-corrected chi connectivity index (χ2v) is 2.82. The maximum absolute atomic E-state index is 10.8. The number of hydrogen-bond donors (Lipinski definition) is 2. The summed E-state index contributed by atoms with van der Waals surface area (Å²) >= 11 is 0. The lowest BCUT2D eigenvalue weighted by atomic mass is 10.0. The first-order chi connectivity index (χ1) is 6.16. The summed E-state index contributed by atoms with van der Waals surface area (Å²) in [4.78, 5) is 18.6. The van der Waals surface area contributed by atoms with E-state index >= 15 is 0 Å². The number of hydrogen-bond acceptors (Lipinski definition) is 4. The van der Waals surface area contributed by atoms with Gasteiger partial charge in [0.05, 0.1) is 23.3 Å². The Balaban J connectivity index is 2.43. The lowest BCUT2D eigenvalue weighted by Gasteiger charge is -2.17. The molecule has 2 rings (SSSR count). The predicted molar refractivity (Wildman–Crippen MR) is 49.3 cm³/mol. The molecule has 0 radical (unpaired) electrons. The number of amides is 1. The molecule has 0 bridgehead atoms. The Bertz CT molecular complexity index is 389. The standard InChI is InChI=1S/C8H8N4O/c9-4-1-6-7(2-5(4)10)12-8(13)3-11-6/h1-3,6H,9-10H2. The highest BCUT2D eigenvalue weighted by molar-refractivity contribution is 6.32. The van der Waals surface area contributed by atoms with Crippen molar-refractivity contribution < 1.29 is 4.79 Å². The highest BCUT2D eigenvalue weighted by atomic mass is 16.1. The molecule has 0 fully saturated rings. The van der Waals surface area contributed by atoms with Crippen LogP contribution in [0, 0.1) is 0 Å². The molecule has 4 N–H and O–H groups in total. The first-order valence-electron chi connectivity index (χ1n) is 3.77. The largest absolute Gasteiger partial charge is 0.397 e. The Morgan fingerprint density at radius 3 is 2.85 bits per heavy atom. The monoisotopic (exact) mass is 176 g/mol. The van der Waals surface area contributed by atoms with Crippen LogP contribution in [0.2, 0.25) is 0 Å². The molecule has 0 spiro atoms. The average molecular weight is 176 g/mol. The quantitative estimate of drug-likeness (QED) is 0.501. The highest BCUT2D eigenvalue weighted by Gasteiger charge is 2.20. The van der Waals surface area contributed by atoms with E-state index in [0.717, 1.165) is 0 Å². The maximum Gasteiger partial charge on any atom is 0.288 e. The number of aliphatic imine (C=N–C) groups is 2. The van der Waals surface area contributed by atoms with Gasteiger partial charge in [-0.05, 0) is 12.2 Å². The molecule has 1 aliphatic heterocycles. The normalized spacial score (nSPS) is 26.0. The van der Waals surface area contributed by atoms with Crippen molar-refractivity contribution in [2.24, 2.45) is 21.5 Å². The van der Waals surface area contributed by atoms with Gasteiger partial charge in [0.1, 0.15) is 6.04 Å². The maximum atomic E-state index is 10.8. The minimum Gasteiger partial charge on any atom is -0.397 e. The predicted octanol–water partition coefficient (Wildman–Crippen LogP) is -0.894. The highest BCUT2D eigenvalue weighted by Crippen LogP contribution is 2.14. The van der Waals surface area contributed by atoms with Gasteiger partial charge >= 0.3 is 0 Å². The van der Waals surface area contributed by atoms with Crippen LogP contribution >= 0.6 is 0 Å². The summed E-state index contributed by atoms with van der Waals surface area (Å²) in [7, 11) is 0. The third-order valence-corrected chi connectivity index (χ3v) is 1.86. The van der Waals surface area contributed by atoms with Crippen LogP contribution in [0.5, 0.6) is 0 Å². The number of fused-ring (bicyclic) bond motifs is 1. The SMILES string of the molecule is NC1=CC2=NC(=O)C=NC2C=C1N. The van der Waals surface area contributed by atoms with E-state index < -0.39 is 0 Å². The topological polar surface area (TPSA) is 93.8 Å². The van der Waals surface area contributed by atoms with Gasteiger partial charge in [-0.25, -0.2) is 4.99 Å². The molecule has 5 heteroatoms. The Morgan fingerprint density at radius 1 is 1.31 bits per heavy atom. The average Bonchev–Trinajstić information content (AvgIpc) is 2.08. The van der Waals surface area contributed by atoms with Crippen molar-refractivity contribution >= 4 is 17.8 Å². The van der Waals surface area contributed by atoms with Crippen LogP contribution in [-0.2, 0) is 4.79 Å². The van der Waals surface area contributed by atoms with E-state index in [2.05, 4.69) is 9.98 Å². The molecule has 0 aromatic rings. The summed E-state index contributed by atoms with van der Waals surface area (Å²) in [5.74, 6) is -0.357. The lowest BCUT2D eigenvalue weighted by Crippen LogP contribution is -2.29. The molecule has 1 amide bonds. The second-order valence-electron chi connectivity index (χ2n) is 2.82. The van der Waals surface area contributed by atoms with Crippen molar-refractivity contribution in [2.45, 2.75) is 6.04 Å². The van der Waals surface area contributed by atoms with Crippen LogP contribution in [0.3, 0.4) is 0 Å². The zero-order valence-corrected chi connectivity index (χ0v) is 6.77. The molecular weight excluding hydrogens is 168 g/mol. The third kappa shape index (κ3) is 1.24. The molecule has 0 saturated carbocycles. The van der Waals surface area contributed by atoms with Crippen LogP contribution < -0.4 is 11.5 Å². The number of rotatable bonds is 0. The summed E-state index contributed by atoms with van der Waals surface area (Å²) in [6.07, 6.45) is 4.44. The smallest absolute Gasteiger partial charge is 0.288 e.